The number of carbonyl (C=O) groups is 2. The first kappa shape index (κ1) is 19.4. The third-order valence-corrected chi connectivity index (χ3v) is 5.89. The number of carbonyl (C=O) groups excluding carboxylic acids is 2. The van der Waals surface area contributed by atoms with Gasteiger partial charge in [0.1, 0.15) is 33.0 Å². The lowest BCUT2D eigenvalue weighted by molar-refractivity contribution is -0.141. The molecule has 2 aliphatic heterocycles. The van der Waals surface area contributed by atoms with Crippen molar-refractivity contribution in [2.45, 2.75) is 6.54 Å². The number of aromatic nitrogens is 1. The molecule has 1 aromatic heterocycles. The highest BCUT2D eigenvalue weighted by Crippen LogP contribution is 2.36. The topological polar surface area (TPSA) is 97.6 Å². The van der Waals surface area contributed by atoms with E-state index in [0.717, 1.165) is 4.70 Å². The largest absolute Gasteiger partial charge is 0.486 e. The maximum absolute atomic E-state index is 12.9. The zero-order valence-corrected chi connectivity index (χ0v) is 17.4. The third-order valence-electron chi connectivity index (χ3n) is 4.85. The Hall–Kier alpha value is -3.53. The van der Waals surface area contributed by atoms with Crippen LogP contribution in [0.1, 0.15) is 10.4 Å². The molecule has 0 unspecified atom stereocenters. The molecule has 9 nitrogen and oxygen atoms in total. The molecule has 0 spiro atoms. The minimum atomic E-state index is -0.459. The maximum Gasteiger partial charge on any atom is 0.325 e. The molecular weight excluding hydrogens is 424 g/mol. The summed E-state index contributed by atoms with van der Waals surface area (Å²) in [6.07, 6.45) is 0. The zero-order chi connectivity index (χ0) is 21.4. The van der Waals surface area contributed by atoms with E-state index in [4.69, 9.17) is 23.7 Å². The normalized spacial score (nSPS) is 15.1. The van der Waals surface area contributed by atoms with Crippen molar-refractivity contribution in [3.8, 4) is 23.0 Å². The van der Waals surface area contributed by atoms with Gasteiger partial charge in [0.25, 0.3) is 5.91 Å². The van der Waals surface area contributed by atoms with Gasteiger partial charge in [-0.05, 0) is 18.2 Å². The minimum Gasteiger partial charge on any atom is -0.486 e. The van der Waals surface area contributed by atoms with Crippen LogP contribution < -0.4 is 23.7 Å². The summed E-state index contributed by atoms with van der Waals surface area (Å²) in [5.41, 5.74) is 1.06. The van der Waals surface area contributed by atoms with Gasteiger partial charge < -0.3 is 28.3 Å². The number of ether oxygens (including phenoxy) is 5. The van der Waals surface area contributed by atoms with Crippen LogP contribution in [0.5, 0.6) is 23.0 Å². The summed E-state index contributed by atoms with van der Waals surface area (Å²) in [4.78, 5) is 29.6. The molecule has 10 heteroatoms. The number of hydrogen-bond acceptors (Lipinski definition) is 8. The first-order chi connectivity index (χ1) is 15.1. The maximum atomic E-state index is 12.9. The number of amides is 1. The molecule has 0 saturated carbocycles. The minimum absolute atomic E-state index is 0.0939. The molecule has 2 aliphatic rings. The van der Waals surface area contributed by atoms with E-state index in [-0.39, 0.29) is 6.54 Å². The summed E-state index contributed by atoms with van der Waals surface area (Å²) in [5, 5.41) is 0. The van der Waals surface area contributed by atoms with Crippen LogP contribution in [-0.4, -0.2) is 50.0 Å². The van der Waals surface area contributed by atoms with Crippen LogP contribution in [0.15, 0.2) is 35.3 Å². The third kappa shape index (κ3) is 3.70. The van der Waals surface area contributed by atoms with Crippen LogP contribution >= 0.6 is 11.3 Å². The molecule has 5 rings (SSSR count). The zero-order valence-electron chi connectivity index (χ0n) is 16.6. The number of rotatable bonds is 3. The predicted octanol–water partition coefficient (Wildman–Crippen LogP) is 2.16. The average Bonchev–Trinajstić information content (AvgIpc) is 3.12. The van der Waals surface area contributed by atoms with Crippen molar-refractivity contribution in [3.63, 3.8) is 0 Å². The first-order valence-electron chi connectivity index (χ1n) is 9.61. The van der Waals surface area contributed by atoms with Crippen LogP contribution in [-0.2, 0) is 16.1 Å². The number of benzene rings is 2. The summed E-state index contributed by atoms with van der Waals surface area (Å²) < 4.78 is 29.6. The Kier molecular flexibility index (Phi) is 4.99. The molecule has 31 heavy (non-hydrogen) atoms. The Balaban J connectivity index is 1.60. The molecule has 0 fully saturated rings. The summed E-state index contributed by atoms with van der Waals surface area (Å²) >= 11 is 1.28. The van der Waals surface area contributed by atoms with Crippen LogP contribution in [0.2, 0.25) is 0 Å². The molecular formula is C21H18N2O7S. The molecule has 3 heterocycles. The van der Waals surface area contributed by atoms with Crippen molar-refractivity contribution in [3.05, 3.63) is 40.7 Å². The lowest BCUT2D eigenvalue weighted by atomic mass is 10.2. The van der Waals surface area contributed by atoms with Crippen molar-refractivity contribution in [1.29, 1.82) is 0 Å². The van der Waals surface area contributed by atoms with E-state index in [0.29, 0.717) is 65.3 Å². The van der Waals surface area contributed by atoms with Crippen molar-refractivity contribution < 1.29 is 33.3 Å². The van der Waals surface area contributed by atoms with Crippen LogP contribution in [0.4, 0.5) is 0 Å². The molecule has 0 radical (unpaired) electrons. The van der Waals surface area contributed by atoms with Gasteiger partial charge in [0.05, 0.1) is 17.3 Å². The van der Waals surface area contributed by atoms with Crippen LogP contribution in [0.3, 0.4) is 0 Å². The van der Waals surface area contributed by atoms with Gasteiger partial charge in [-0.3, -0.25) is 9.59 Å². The molecule has 1 amide bonds. The summed E-state index contributed by atoms with van der Waals surface area (Å²) in [7, 11) is 1.31. The number of fused-ring (bicyclic) bond motifs is 3. The molecule has 0 aliphatic carbocycles. The van der Waals surface area contributed by atoms with Crippen molar-refractivity contribution in [1.82, 2.24) is 4.57 Å². The molecule has 0 atom stereocenters. The number of esters is 1. The predicted molar refractivity (Wildman–Crippen MR) is 110 cm³/mol. The molecule has 3 aromatic rings. The molecule has 0 saturated heterocycles. The lowest BCUT2D eigenvalue weighted by Gasteiger charge is -2.18. The highest BCUT2D eigenvalue weighted by molar-refractivity contribution is 7.16. The van der Waals surface area contributed by atoms with E-state index in [9.17, 15) is 9.59 Å². The van der Waals surface area contributed by atoms with Crippen molar-refractivity contribution >= 4 is 33.4 Å². The van der Waals surface area contributed by atoms with Gasteiger partial charge >= 0.3 is 5.97 Å². The van der Waals surface area contributed by atoms with Crippen LogP contribution in [0.25, 0.3) is 10.2 Å². The summed E-state index contributed by atoms with van der Waals surface area (Å²) in [6.45, 7) is 1.71. The summed E-state index contributed by atoms with van der Waals surface area (Å²) in [5.74, 6) is 1.39. The standard InChI is InChI=1S/C21H18N2O7S/c1-26-19(24)11-23-13-9-16-17(30-7-6-29-16)10-18(13)31-21(23)22-20(25)12-2-3-14-15(8-12)28-5-4-27-14/h2-3,8-10H,4-7,11H2,1H3. The van der Waals surface area contributed by atoms with Crippen LogP contribution in [0, 0.1) is 0 Å². The first-order valence-corrected chi connectivity index (χ1v) is 10.4. The Labute approximate surface area is 180 Å². The fourth-order valence-corrected chi connectivity index (χ4v) is 4.40. The monoisotopic (exact) mass is 442 g/mol. The Bertz CT molecular complexity index is 1260. The quantitative estimate of drug-likeness (QED) is 0.574. The fourth-order valence-electron chi connectivity index (χ4n) is 3.37. The molecule has 2 aromatic carbocycles. The van der Waals surface area contributed by atoms with Gasteiger partial charge in [-0.15, -0.1) is 0 Å². The summed E-state index contributed by atoms with van der Waals surface area (Å²) in [6, 6.07) is 8.55. The van der Waals surface area contributed by atoms with Crippen molar-refractivity contribution in [2.24, 2.45) is 4.99 Å². The van der Waals surface area contributed by atoms with E-state index in [1.807, 2.05) is 6.07 Å². The highest BCUT2D eigenvalue weighted by Gasteiger charge is 2.19. The van der Waals surface area contributed by atoms with Gasteiger partial charge in [-0.2, -0.15) is 4.99 Å². The fraction of sp³-hybridized carbons (Fsp3) is 0.286. The Morgan fingerprint density at radius 2 is 1.61 bits per heavy atom. The number of thiazole rings is 1. The van der Waals surface area contributed by atoms with Gasteiger partial charge in [0.2, 0.25) is 0 Å². The number of nitrogens with zero attached hydrogens (tertiary/aromatic N) is 2. The second-order valence-electron chi connectivity index (χ2n) is 6.79. The second-order valence-corrected chi connectivity index (χ2v) is 7.79. The van der Waals surface area contributed by atoms with Gasteiger partial charge in [-0.25, -0.2) is 0 Å². The number of hydrogen-bond donors (Lipinski definition) is 0. The smallest absolute Gasteiger partial charge is 0.325 e. The van der Waals surface area contributed by atoms with E-state index in [1.54, 1.807) is 28.8 Å². The van der Waals surface area contributed by atoms with Gasteiger partial charge in [0, 0.05) is 17.7 Å². The van der Waals surface area contributed by atoms with E-state index >= 15 is 0 Å². The Morgan fingerprint density at radius 1 is 0.968 bits per heavy atom. The van der Waals surface area contributed by atoms with E-state index in [1.165, 1.54) is 18.4 Å². The average molecular weight is 442 g/mol. The van der Waals surface area contributed by atoms with E-state index in [2.05, 4.69) is 4.99 Å². The molecule has 0 N–H and O–H groups in total. The number of methoxy groups -OCH3 is 1. The van der Waals surface area contributed by atoms with Crippen molar-refractivity contribution in [2.75, 3.05) is 33.5 Å². The van der Waals surface area contributed by atoms with Gasteiger partial charge in [0.15, 0.2) is 27.8 Å². The lowest BCUT2D eigenvalue weighted by Crippen LogP contribution is -2.22. The molecule has 160 valence electrons. The second kappa shape index (κ2) is 7.95. The van der Waals surface area contributed by atoms with Gasteiger partial charge in [-0.1, -0.05) is 11.3 Å². The highest BCUT2D eigenvalue weighted by atomic mass is 32.1. The molecule has 0 bridgehead atoms. The Morgan fingerprint density at radius 3 is 2.32 bits per heavy atom. The SMILES string of the molecule is COC(=O)Cn1c(=NC(=O)c2ccc3c(c2)OCCO3)sc2cc3c(cc21)OCCO3. The van der Waals surface area contributed by atoms with E-state index < -0.39 is 11.9 Å².